The fourth-order valence-corrected chi connectivity index (χ4v) is 4.83. The number of nitrogens with zero attached hydrogens (tertiary/aromatic N) is 2. The van der Waals surface area contributed by atoms with Crippen LogP contribution in [0.5, 0.6) is 11.5 Å². The number of hydrogen-bond donors (Lipinski definition) is 2. The van der Waals surface area contributed by atoms with Crippen molar-refractivity contribution < 1.29 is 9.47 Å². The summed E-state index contributed by atoms with van der Waals surface area (Å²) in [5, 5.41) is 11.1. The molecule has 0 unspecified atom stereocenters. The van der Waals surface area contributed by atoms with Crippen molar-refractivity contribution in [3.05, 3.63) is 40.2 Å². The van der Waals surface area contributed by atoms with Crippen LogP contribution in [0.15, 0.2) is 34.6 Å². The monoisotopic (exact) mass is 448 g/mol. The van der Waals surface area contributed by atoms with Crippen LogP contribution in [-0.4, -0.2) is 44.8 Å². The Morgan fingerprint density at radius 2 is 2.10 bits per heavy atom. The average molecular weight is 449 g/mol. The van der Waals surface area contributed by atoms with Crippen LogP contribution in [0.3, 0.4) is 0 Å². The zero-order valence-corrected chi connectivity index (χ0v) is 18.9. The number of halogens is 1. The highest BCUT2D eigenvalue weighted by atomic mass is 35.5. The normalized spacial score (nSPS) is 17.5. The van der Waals surface area contributed by atoms with E-state index in [0.29, 0.717) is 42.3 Å². The zero-order valence-electron chi connectivity index (χ0n) is 17.3. The Kier molecular flexibility index (Phi) is 7.23. The first kappa shape index (κ1) is 21.1. The number of benzene rings is 1. The predicted octanol–water partition coefficient (Wildman–Crippen LogP) is 4.29. The van der Waals surface area contributed by atoms with Gasteiger partial charge >= 0.3 is 0 Å². The molecule has 6 nitrogen and oxygen atoms in total. The molecule has 1 saturated heterocycles. The zero-order chi connectivity index (χ0) is 20.8. The third-order valence-corrected chi connectivity index (χ3v) is 6.49. The summed E-state index contributed by atoms with van der Waals surface area (Å²) in [7, 11) is 0. The van der Waals surface area contributed by atoms with Crippen molar-refractivity contribution >= 4 is 33.9 Å². The Morgan fingerprint density at radius 1 is 1.27 bits per heavy atom. The van der Waals surface area contributed by atoms with E-state index in [1.165, 1.54) is 5.00 Å². The molecule has 0 radical (unpaired) electrons. The van der Waals surface area contributed by atoms with Crippen LogP contribution in [0.4, 0.5) is 5.00 Å². The number of nitrogens with one attached hydrogen (secondary N) is 2. The van der Waals surface area contributed by atoms with E-state index in [2.05, 4.69) is 40.0 Å². The van der Waals surface area contributed by atoms with Gasteiger partial charge < -0.3 is 25.0 Å². The highest BCUT2D eigenvalue weighted by Gasteiger charge is 2.21. The number of ether oxygens (including phenoxy) is 2. The van der Waals surface area contributed by atoms with Gasteiger partial charge in [-0.15, -0.1) is 11.3 Å². The van der Waals surface area contributed by atoms with Gasteiger partial charge in [-0.1, -0.05) is 11.6 Å². The second-order valence-electron chi connectivity index (χ2n) is 7.51. The fraction of sp³-hybridized carbons (Fsp3) is 0.500. The van der Waals surface area contributed by atoms with Gasteiger partial charge in [-0.05, 0) is 55.0 Å². The first-order chi connectivity index (χ1) is 14.7. The molecule has 1 fully saturated rings. The van der Waals surface area contributed by atoms with Crippen LogP contribution in [0.2, 0.25) is 5.02 Å². The third kappa shape index (κ3) is 5.32. The Bertz CT molecular complexity index is 851. The summed E-state index contributed by atoms with van der Waals surface area (Å²) in [5.74, 6) is 2.20. The minimum atomic E-state index is 0.423. The molecule has 8 heteroatoms. The highest BCUT2D eigenvalue weighted by Crippen LogP contribution is 2.38. The molecule has 30 heavy (non-hydrogen) atoms. The second-order valence-corrected chi connectivity index (χ2v) is 8.84. The maximum absolute atomic E-state index is 6.42. The Labute approximate surface area is 187 Å². The molecular formula is C22H29ClN4O2S. The number of piperidine rings is 1. The van der Waals surface area contributed by atoms with Crippen LogP contribution in [-0.2, 0) is 6.54 Å². The number of guanidine groups is 1. The molecule has 3 heterocycles. The van der Waals surface area contributed by atoms with Crippen molar-refractivity contribution in [2.24, 2.45) is 4.99 Å². The first-order valence-electron chi connectivity index (χ1n) is 10.6. The van der Waals surface area contributed by atoms with Crippen molar-refractivity contribution in [1.29, 1.82) is 0 Å². The maximum atomic E-state index is 6.42. The average Bonchev–Trinajstić information content (AvgIpc) is 3.18. The van der Waals surface area contributed by atoms with Gasteiger partial charge in [0.05, 0.1) is 29.8 Å². The van der Waals surface area contributed by atoms with Crippen molar-refractivity contribution in [3.8, 4) is 11.5 Å². The van der Waals surface area contributed by atoms with Crippen molar-refractivity contribution in [2.45, 2.75) is 38.8 Å². The Morgan fingerprint density at radius 3 is 2.87 bits per heavy atom. The van der Waals surface area contributed by atoms with E-state index in [4.69, 9.17) is 26.1 Å². The van der Waals surface area contributed by atoms with Gasteiger partial charge in [0, 0.05) is 32.1 Å². The van der Waals surface area contributed by atoms with Gasteiger partial charge in [-0.2, -0.15) is 0 Å². The number of anilines is 1. The lowest BCUT2D eigenvalue weighted by molar-refractivity contribution is 0.297. The number of thiophene rings is 1. The SMILES string of the molecule is CCNC(=NCc1cc(Cl)c2c(c1)OCCCO2)NC1CCN(c2cccs2)CC1. The minimum absolute atomic E-state index is 0.423. The molecule has 2 aliphatic rings. The van der Waals surface area contributed by atoms with Crippen LogP contribution >= 0.6 is 22.9 Å². The largest absolute Gasteiger partial charge is 0.489 e. The Balaban J connectivity index is 1.37. The van der Waals surface area contributed by atoms with E-state index in [9.17, 15) is 0 Å². The van der Waals surface area contributed by atoms with E-state index in [0.717, 1.165) is 50.4 Å². The number of rotatable bonds is 5. The topological polar surface area (TPSA) is 58.1 Å². The summed E-state index contributed by atoms with van der Waals surface area (Å²) in [6.45, 7) is 6.83. The quantitative estimate of drug-likeness (QED) is 0.528. The first-order valence-corrected chi connectivity index (χ1v) is 11.9. The molecule has 2 aromatic rings. The van der Waals surface area contributed by atoms with Gasteiger partial charge in [0.25, 0.3) is 0 Å². The van der Waals surface area contributed by atoms with Gasteiger partial charge in [0.1, 0.15) is 0 Å². The summed E-state index contributed by atoms with van der Waals surface area (Å²) in [6, 6.07) is 8.64. The predicted molar refractivity (Wildman–Crippen MR) is 125 cm³/mol. The van der Waals surface area contributed by atoms with E-state index >= 15 is 0 Å². The molecule has 1 aromatic carbocycles. The third-order valence-electron chi connectivity index (χ3n) is 5.28. The number of fused-ring (bicyclic) bond motifs is 1. The van der Waals surface area contributed by atoms with Crippen molar-refractivity contribution in [1.82, 2.24) is 10.6 Å². The molecule has 2 aliphatic heterocycles. The van der Waals surface area contributed by atoms with Crippen molar-refractivity contribution in [2.75, 3.05) is 37.7 Å². The van der Waals surface area contributed by atoms with Gasteiger partial charge in [0.2, 0.25) is 0 Å². The molecule has 0 amide bonds. The number of hydrogen-bond acceptors (Lipinski definition) is 5. The molecule has 0 aliphatic carbocycles. The highest BCUT2D eigenvalue weighted by molar-refractivity contribution is 7.14. The molecule has 0 atom stereocenters. The molecular weight excluding hydrogens is 420 g/mol. The van der Waals surface area contributed by atoms with Crippen LogP contribution in [0, 0.1) is 0 Å². The van der Waals surface area contributed by atoms with Crippen molar-refractivity contribution in [3.63, 3.8) is 0 Å². The summed E-state index contributed by atoms with van der Waals surface area (Å²) in [6.07, 6.45) is 3.05. The summed E-state index contributed by atoms with van der Waals surface area (Å²) in [5.41, 5.74) is 1.01. The molecule has 0 bridgehead atoms. The van der Waals surface area contributed by atoms with Gasteiger partial charge in [-0.3, -0.25) is 0 Å². The molecule has 2 N–H and O–H groups in total. The maximum Gasteiger partial charge on any atom is 0.191 e. The molecule has 1 aromatic heterocycles. The molecule has 4 rings (SSSR count). The van der Waals surface area contributed by atoms with E-state index in [1.54, 1.807) is 0 Å². The standard InChI is InChI=1S/C22H29ClN4O2S/c1-2-24-22(26-17-6-8-27(9-7-17)20-5-3-12-30-20)25-15-16-13-18(23)21-19(14-16)28-10-4-11-29-21/h3,5,12-14,17H,2,4,6-11,15H2,1H3,(H2,24,25,26). The van der Waals surface area contributed by atoms with Crippen LogP contribution in [0.25, 0.3) is 0 Å². The lowest BCUT2D eigenvalue weighted by Crippen LogP contribution is -2.48. The molecule has 0 spiro atoms. The van der Waals surface area contributed by atoms with E-state index in [-0.39, 0.29) is 0 Å². The fourth-order valence-electron chi connectivity index (χ4n) is 3.75. The number of aliphatic imine (C=N–C) groups is 1. The summed E-state index contributed by atoms with van der Waals surface area (Å²) < 4.78 is 11.5. The summed E-state index contributed by atoms with van der Waals surface area (Å²) >= 11 is 8.23. The van der Waals surface area contributed by atoms with Gasteiger partial charge in [-0.25, -0.2) is 4.99 Å². The molecule has 162 valence electrons. The van der Waals surface area contributed by atoms with E-state index < -0.39 is 0 Å². The van der Waals surface area contributed by atoms with E-state index in [1.807, 2.05) is 23.5 Å². The lowest BCUT2D eigenvalue weighted by atomic mass is 10.1. The minimum Gasteiger partial charge on any atom is -0.489 e. The van der Waals surface area contributed by atoms with Crippen LogP contribution in [0.1, 0.15) is 31.7 Å². The Hall–Kier alpha value is -2.12. The van der Waals surface area contributed by atoms with Gasteiger partial charge in [0.15, 0.2) is 17.5 Å². The smallest absolute Gasteiger partial charge is 0.191 e. The summed E-state index contributed by atoms with van der Waals surface area (Å²) in [4.78, 5) is 7.25. The molecule has 0 saturated carbocycles. The lowest BCUT2D eigenvalue weighted by Gasteiger charge is -2.33. The second kappa shape index (κ2) is 10.3. The van der Waals surface area contributed by atoms with Crippen LogP contribution < -0.4 is 25.0 Å².